The number of carbonyl (C=O) groups is 3. The fourth-order valence-electron chi connectivity index (χ4n) is 2.05. The number of benzene rings is 2. The molecule has 0 bridgehead atoms. The fourth-order valence-corrected chi connectivity index (χ4v) is 2.89. The van der Waals surface area contributed by atoms with E-state index in [1.165, 1.54) is 31.2 Å². The molecule has 0 saturated carbocycles. The summed E-state index contributed by atoms with van der Waals surface area (Å²) < 4.78 is 5.15. The van der Waals surface area contributed by atoms with Crippen molar-refractivity contribution in [3.8, 4) is 5.75 Å². The van der Waals surface area contributed by atoms with E-state index in [1.54, 1.807) is 30.3 Å². The lowest BCUT2D eigenvalue weighted by molar-refractivity contribution is -0.384. The predicted octanol–water partition coefficient (Wildman–Crippen LogP) is 2.58. The molecule has 0 spiro atoms. The lowest BCUT2D eigenvalue weighted by atomic mass is 10.2. The molecule has 140 valence electrons. The second-order valence-corrected chi connectivity index (χ2v) is 6.38. The van der Waals surface area contributed by atoms with Crippen LogP contribution < -0.4 is 10.1 Å². The van der Waals surface area contributed by atoms with Crippen LogP contribution >= 0.6 is 11.8 Å². The number of nitro groups is 1. The van der Waals surface area contributed by atoms with Gasteiger partial charge in [0.1, 0.15) is 11.8 Å². The SMILES string of the molecule is CC(=O)N[C@H](CSC(=O)c1ccccc1)C(=O)Oc1ccc([N+](=O)[O-])cc1. The van der Waals surface area contributed by atoms with Gasteiger partial charge in [0.15, 0.2) is 0 Å². The summed E-state index contributed by atoms with van der Waals surface area (Å²) in [6.45, 7) is 1.25. The first-order valence-corrected chi connectivity index (χ1v) is 8.81. The summed E-state index contributed by atoms with van der Waals surface area (Å²) in [4.78, 5) is 45.9. The van der Waals surface area contributed by atoms with E-state index in [9.17, 15) is 24.5 Å². The van der Waals surface area contributed by atoms with Crippen molar-refractivity contribution in [1.29, 1.82) is 0 Å². The van der Waals surface area contributed by atoms with Gasteiger partial charge in [-0.15, -0.1) is 0 Å². The monoisotopic (exact) mass is 388 g/mol. The number of carbonyl (C=O) groups excluding carboxylic acids is 3. The summed E-state index contributed by atoms with van der Waals surface area (Å²) in [6.07, 6.45) is 0. The number of nitro benzene ring substituents is 1. The van der Waals surface area contributed by atoms with E-state index in [1.807, 2.05) is 0 Å². The van der Waals surface area contributed by atoms with Crippen molar-refractivity contribution in [2.75, 3.05) is 5.75 Å². The van der Waals surface area contributed by atoms with Crippen LogP contribution in [0.3, 0.4) is 0 Å². The summed E-state index contributed by atoms with van der Waals surface area (Å²) in [5.74, 6) is -1.14. The highest BCUT2D eigenvalue weighted by Crippen LogP contribution is 2.19. The maximum atomic E-state index is 12.3. The largest absolute Gasteiger partial charge is 0.425 e. The molecule has 0 aliphatic carbocycles. The Morgan fingerprint density at radius 2 is 1.74 bits per heavy atom. The zero-order chi connectivity index (χ0) is 19.8. The molecule has 0 heterocycles. The zero-order valence-corrected chi connectivity index (χ0v) is 15.1. The average Bonchev–Trinajstić information content (AvgIpc) is 2.65. The fraction of sp³-hybridized carbons (Fsp3) is 0.167. The number of non-ortho nitro benzene ring substituents is 1. The van der Waals surface area contributed by atoms with Crippen molar-refractivity contribution in [3.05, 3.63) is 70.3 Å². The first-order chi connectivity index (χ1) is 12.9. The highest BCUT2D eigenvalue weighted by molar-refractivity contribution is 8.14. The van der Waals surface area contributed by atoms with Crippen LogP contribution in [-0.4, -0.2) is 33.7 Å². The Morgan fingerprint density at radius 3 is 2.30 bits per heavy atom. The van der Waals surface area contributed by atoms with Crippen molar-refractivity contribution >= 4 is 34.4 Å². The molecule has 1 N–H and O–H groups in total. The number of ether oxygens (including phenoxy) is 1. The molecule has 1 amide bonds. The van der Waals surface area contributed by atoms with E-state index in [0.717, 1.165) is 11.8 Å². The number of hydrogen-bond donors (Lipinski definition) is 1. The Morgan fingerprint density at radius 1 is 1.11 bits per heavy atom. The molecule has 8 nitrogen and oxygen atoms in total. The highest BCUT2D eigenvalue weighted by atomic mass is 32.2. The Balaban J connectivity index is 2.01. The topological polar surface area (TPSA) is 116 Å². The second-order valence-electron chi connectivity index (χ2n) is 5.39. The number of nitrogens with one attached hydrogen (secondary N) is 1. The van der Waals surface area contributed by atoms with Crippen LogP contribution in [0.2, 0.25) is 0 Å². The van der Waals surface area contributed by atoms with Gasteiger partial charge in [-0.1, -0.05) is 42.1 Å². The summed E-state index contributed by atoms with van der Waals surface area (Å²) in [6, 6.07) is 12.4. The first-order valence-electron chi connectivity index (χ1n) is 7.82. The third-order valence-corrected chi connectivity index (χ3v) is 4.32. The van der Waals surface area contributed by atoms with Gasteiger partial charge in [0.05, 0.1) is 4.92 Å². The van der Waals surface area contributed by atoms with Crippen molar-refractivity contribution in [2.45, 2.75) is 13.0 Å². The van der Waals surface area contributed by atoms with Crippen LogP contribution in [0.25, 0.3) is 0 Å². The lowest BCUT2D eigenvalue weighted by Gasteiger charge is -2.16. The number of esters is 1. The zero-order valence-electron chi connectivity index (χ0n) is 14.3. The quantitative estimate of drug-likeness (QED) is 0.335. The Labute approximate surface area is 159 Å². The molecular weight excluding hydrogens is 372 g/mol. The Bertz CT molecular complexity index is 839. The molecule has 27 heavy (non-hydrogen) atoms. The summed E-state index contributed by atoms with van der Waals surface area (Å²) in [5, 5.41) is 12.8. The van der Waals surface area contributed by atoms with E-state index in [2.05, 4.69) is 5.32 Å². The van der Waals surface area contributed by atoms with Crippen LogP contribution in [0.4, 0.5) is 5.69 Å². The number of thioether (sulfide) groups is 1. The third kappa shape index (κ3) is 6.23. The average molecular weight is 388 g/mol. The van der Waals surface area contributed by atoms with Crippen molar-refractivity contribution in [3.63, 3.8) is 0 Å². The number of hydrogen-bond acceptors (Lipinski definition) is 7. The normalized spacial score (nSPS) is 11.3. The number of rotatable bonds is 7. The molecule has 0 aliphatic rings. The minimum absolute atomic E-state index is 0.0148. The van der Waals surface area contributed by atoms with Gasteiger partial charge in [-0.3, -0.25) is 19.7 Å². The van der Waals surface area contributed by atoms with Gasteiger partial charge in [-0.25, -0.2) is 4.79 Å². The lowest BCUT2D eigenvalue weighted by Crippen LogP contribution is -2.44. The first kappa shape index (κ1) is 20.1. The molecule has 1 atom stereocenters. The molecule has 0 aromatic heterocycles. The standard InChI is InChI=1S/C18H16N2O6S/c1-12(21)19-16(11-27-18(23)13-5-3-2-4-6-13)17(22)26-15-9-7-14(8-10-15)20(24)25/h2-10,16H,11H2,1H3,(H,19,21)/t16-/m1/s1. The predicted molar refractivity (Wildman–Crippen MR) is 99.6 cm³/mol. The van der Waals surface area contributed by atoms with E-state index in [4.69, 9.17) is 4.74 Å². The number of nitrogens with zero attached hydrogens (tertiary/aromatic N) is 1. The smallest absolute Gasteiger partial charge is 0.334 e. The molecule has 0 fully saturated rings. The van der Waals surface area contributed by atoms with Gasteiger partial charge in [-0.2, -0.15) is 0 Å². The van der Waals surface area contributed by atoms with Gasteiger partial charge >= 0.3 is 5.97 Å². The van der Waals surface area contributed by atoms with Crippen molar-refractivity contribution in [2.24, 2.45) is 0 Å². The van der Waals surface area contributed by atoms with Crippen molar-refractivity contribution in [1.82, 2.24) is 5.32 Å². The minimum Gasteiger partial charge on any atom is -0.425 e. The van der Waals surface area contributed by atoms with Gasteiger partial charge in [-0.05, 0) is 12.1 Å². The van der Waals surface area contributed by atoms with Gasteiger partial charge in [0.2, 0.25) is 11.0 Å². The van der Waals surface area contributed by atoms with Crippen LogP contribution in [0.1, 0.15) is 17.3 Å². The molecule has 9 heteroatoms. The van der Waals surface area contributed by atoms with Gasteiger partial charge in [0.25, 0.3) is 5.69 Å². The molecular formula is C18H16N2O6S. The number of amides is 1. The molecule has 0 unspecified atom stereocenters. The highest BCUT2D eigenvalue weighted by Gasteiger charge is 2.24. The van der Waals surface area contributed by atoms with E-state index >= 15 is 0 Å². The van der Waals surface area contributed by atoms with Crippen LogP contribution in [0, 0.1) is 10.1 Å². The van der Waals surface area contributed by atoms with Gasteiger partial charge in [0, 0.05) is 30.4 Å². The van der Waals surface area contributed by atoms with E-state index < -0.39 is 22.8 Å². The summed E-state index contributed by atoms with van der Waals surface area (Å²) in [7, 11) is 0. The Kier molecular flexibility index (Phi) is 7.07. The summed E-state index contributed by atoms with van der Waals surface area (Å²) in [5.41, 5.74) is 0.338. The Hall–Kier alpha value is -3.20. The van der Waals surface area contributed by atoms with E-state index in [0.29, 0.717) is 5.56 Å². The van der Waals surface area contributed by atoms with E-state index in [-0.39, 0.29) is 22.3 Å². The maximum Gasteiger partial charge on any atom is 0.334 e. The molecule has 2 rings (SSSR count). The molecule has 0 radical (unpaired) electrons. The van der Waals surface area contributed by atoms with Crippen LogP contribution in [0.5, 0.6) is 5.75 Å². The van der Waals surface area contributed by atoms with Crippen LogP contribution in [0.15, 0.2) is 54.6 Å². The molecule has 2 aromatic rings. The van der Waals surface area contributed by atoms with Crippen molar-refractivity contribution < 1.29 is 24.0 Å². The molecule has 2 aromatic carbocycles. The second kappa shape index (κ2) is 9.48. The van der Waals surface area contributed by atoms with Crippen LogP contribution in [-0.2, 0) is 9.59 Å². The minimum atomic E-state index is -1.05. The molecule has 0 saturated heterocycles. The van der Waals surface area contributed by atoms with Gasteiger partial charge < -0.3 is 10.1 Å². The molecule has 0 aliphatic heterocycles. The third-order valence-electron chi connectivity index (χ3n) is 3.32. The maximum absolute atomic E-state index is 12.3. The summed E-state index contributed by atoms with van der Waals surface area (Å²) >= 11 is 0.881.